The summed E-state index contributed by atoms with van der Waals surface area (Å²) in [4.78, 5) is 14.6. The largest absolute Gasteiger partial charge is 0.493 e. The van der Waals surface area contributed by atoms with Gasteiger partial charge in [-0.05, 0) is 44.0 Å². The van der Waals surface area contributed by atoms with Gasteiger partial charge in [-0.2, -0.15) is 0 Å². The van der Waals surface area contributed by atoms with Crippen LogP contribution < -0.4 is 14.8 Å². The number of carbonyl (C=O) groups excluding carboxylic acids is 1. The molecule has 6 heteroatoms. The lowest BCUT2D eigenvalue weighted by Gasteiger charge is -2.40. The second-order valence-corrected chi connectivity index (χ2v) is 7.58. The Morgan fingerprint density at radius 1 is 1.29 bits per heavy atom. The number of carbonyl (C=O) groups is 1. The van der Waals surface area contributed by atoms with Gasteiger partial charge in [0, 0.05) is 31.2 Å². The van der Waals surface area contributed by atoms with E-state index in [1.807, 2.05) is 18.2 Å². The summed E-state index contributed by atoms with van der Waals surface area (Å²) in [6.45, 7) is 11.0. The Labute approximate surface area is 168 Å². The van der Waals surface area contributed by atoms with Crippen molar-refractivity contribution >= 4 is 12.0 Å². The first-order chi connectivity index (χ1) is 13.5. The van der Waals surface area contributed by atoms with Gasteiger partial charge in [0.05, 0.1) is 26.9 Å². The van der Waals surface area contributed by atoms with E-state index in [4.69, 9.17) is 14.2 Å². The molecule has 1 amide bonds. The Morgan fingerprint density at radius 2 is 2.04 bits per heavy atom. The van der Waals surface area contributed by atoms with Gasteiger partial charge in [0.1, 0.15) is 0 Å². The van der Waals surface area contributed by atoms with Crippen LogP contribution in [-0.2, 0) is 9.53 Å². The third-order valence-corrected chi connectivity index (χ3v) is 4.93. The van der Waals surface area contributed by atoms with E-state index in [0.717, 1.165) is 50.5 Å². The molecule has 1 saturated heterocycles. The van der Waals surface area contributed by atoms with E-state index in [2.05, 4.69) is 31.0 Å². The molecule has 0 aliphatic carbocycles. The molecule has 0 spiro atoms. The molecule has 0 aromatic heterocycles. The number of rotatable bonds is 10. The van der Waals surface area contributed by atoms with Crippen molar-refractivity contribution in [1.29, 1.82) is 0 Å². The highest BCUT2D eigenvalue weighted by atomic mass is 16.5. The summed E-state index contributed by atoms with van der Waals surface area (Å²) in [5, 5.41) is 3.00. The molecular weight excluding hydrogens is 356 g/mol. The number of ether oxygens (including phenoxy) is 3. The third kappa shape index (κ3) is 6.84. The SMILES string of the molecule is CCCCOc1ccc(/C=C/C(=O)NCC(C)(C)N2CCOCC2)cc1OC. The van der Waals surface area contributed by atoms with Gasteiger partial charge >= 0.3 is 0 Å². The number of unbranched alkanes of at least 4 members (excludes halogenated alkanes) is 1. The molecule has 28 heavy (non-hydrogen) atoms. The van der Waals surface area contributed by atoms with Crippen molar-refractivity contribution < 1.29 is 19.0 Å². The fraction of sp³-hybridized carbons (Fsp3) is 0.591. The lowest BCUT2D eigenvalue weighted by atomic mass is 10.0. The molecule has 1 fully saturated rings. The smallest absolute Gasteiger partial charge is 0.244 e. The first kappa shape index (κ1) is 22.2. The van der Waals surface area contributed by atoms with Crippen molar-refractivity contribution in [2.75, 3.05) is 46.6 Å². The molecule has 0 bridgehead atoms. The fourth-order valence-electron chi connectivity index (χ4n) is 3.05. The topological polar surface area (TPSA) is 60.0 Å². The zero-order valence-electron chi connectivity index (χ0n) is 17.6. The van der Waals surface area contributed by atoms with E-state index in [1.54, 1.807) is 19.3 Å². The average Bonchev–Trinajstić information content (AvgIpc) is 2.72. The molecule has 156 valence electrons. The summed E-state index contributed by atoms with van der Waals surface area (Å²) in [5.41, 5.74) is 0.788. The van der Waals surface area contributed by atoms with Crippen LogP contribution in [0.5, 0.6) is 11.5 Å². The molecule has 2 rings (SSSR count). The van der Waals surface area contributed by atoms with Crippen molar-refractivity contribution in [3.05, 3.63) is 29.8 Å². The quantitative estimate of drug-likeness (QED) is 0.491. The Kier molecular flexibility index (Phi) is 8.80. The molecule has 1 N–H and O–H groups in total. The average molecular weight is 391 g/mol. The number of morpholine rings is 1. The number of nitrogens with zero attached hydrogens (tertiary/aromatic N) is 1. The molecule has 0 atom stereocenters. The van der Waals surface area contributed by atoms with Crippen molar-refractivity contribution in [3.8, 4) is 11.5 Å². The third-order valence-electron chi connectivity index (χ3n) is 4.93. The number of hydrogen-bond donors (Lipinski definition) is 1. The Hall–Kier alpha value is -2.05. The van der Waals surface area contributed by atoms with Gasteiger partial charge in [-0.15, -0.1) is 0 Å². The summed E-state index contributed by atoms with van der Waals surface area (Å²) < 4.78 is 16.6. The molecule has 1 heterocycles. The van der Waals surface area contributed by atoms with Crippen LogP contribution in [-0.4, -0.2) is 62.9 Å². The first-order valence-electron chi connectivity index (χ1n) is 10.1. The lowest BCUT2D eigenvalue weighted by molar-refractivity contribution is -0.117. The van der Waals surface area contributed by atoms with Gasteiger partial charge in [-0.1, -0.05) is 19.4 Å². The minimum absolute atomic E-state index is 0.103. The zero-order chi connectivity index (χ0) is 20.4. The van der Waals surface area contributed by atoms with Gasteiger partial charge in [-0.3, -0.25) is 9.69 Å². The summed E-state index contributed by atoms with van der Waals surface area (Å²) in [6, 6.07) is 5.68. The number of methoxy groups -OCH3 is 1. The number of benzene rings is 1. The van der Waals surface area contributed by atoms with E-state index >= 15 is 0 Å². The minimum atomic E-state index is -0.108. The van der Waals surface area contributed by atoms with Crippen LogP contribution in [0.4, 0.5) is 0 Å². The van der Waals surface area contributed by atoms with Crippen LogP contribution in [0.3, 0.4) is 0 Å². The van der Waals surface area contributed by atoms with Crippen molar-refractivity contribution in [1.82, 2.24) is 10.2 Å². The maximum atomic E-state index is 12.2. The molecule has 0 radical (unpaired) electrons. The van der Waals surface area contributed by atoms with Gasteiger partial charge in [-0.25, -0.2) is 0 Å². The zero-order valence-corrected chi connectivity index (χ0v) is 17.6. The van der Waals surface area contributed by atoms with E-state index in [0.29, 0.717) is 18.9 Å². The number of hydrogen-bond acceptors (Lipinski definition) is 5. The minimum Gasteiger partial charge on any atom is -0.493 e. The molecule has 0 unspecified atom stereocenters. The number of amides is 1. The summed E-state index contributed by atoms with van der Waals surface area (Å²) in [5.74, 6) is 1.29. The predicted molar refractivity (Wildman–Crippen MR) is 112 cm³/mol. The van der Waals surface area contributed by atoms with E-state index in [9.17, 15) is 4.79 Å². The first-order valence-corrected chi connectivity index (χ1v) is 10.1. The highest BCUT2D eigenvalue weighted by Gasteiger charge is 2.28. The Balaban J connectivity index is 1.88. The normalized spacial score (nSPS) is 15.6. The highest BCUT2D eigenvalue weighted by molar-refractivity contribution is 5.91. The molecule has 1 aliphatic heterocycles. The van der Waals surface area contributed by atoms with Crippen molar-refractivity contribution in [3.63, 3.8) is 0 Å². The molecule has 1 aliphatic rings. The molecular formula is C22H34N2O4. The monoisotopic (exact) mass is 390 g/mol. The van der Waals surface area contributed by atoms with Crippen molar-refractivity contribution in [2.24, 2.45) is 0 Å². The molecule has 1 aromatic carbocycles. The van der Waals surface area contributed by atoms with E-state index in [-0.39, 0.29) is 11.4 Å². The van der Waals surface area contributed by atoms with Crippen molar-refractivity contribution in [2.45, 2.75) is 39.2 Å². The molecule has 0 saturated carbocycles. The standard InChI is InChI=1S/C22H34N2O4/c1-5-6-13-28-19-9-7-18(16-20(19)26-4)8-10-21(25)23-17-22(2,3)24-11-14-27-15-12-24/h7-10,16H,5-6,11-15,17H2,1-4H3,(H,23,25)/b10-8+. The fourth-order valence-corrected chi connectivity index (χ4v) is 3.05. The van der Waals surface area contributed by atoms with Gasteiger partial charge in [0.25, 0.3) is 0 Å². The van der Waals surface area contributed by atoms with Crippen LogP contribution >= 0.6 is 0 Å². The van der Waals surface area contributed by atoms with Crippen LogP contribution in [0, 0.1) is 0 Å². The van der Waals surface area contributed by atoms with E-state index < -0.39 is 0 Å². The van der Waals surface area contributed by atoms with Gasteiger partial charge in [0.15, 0.2) is 11.5 Å². The lowest BCUT2D eigenvalue weighted by Crippen LogP contribution is -2.55. The summed E-state index contributed by atoms with van der Waals surface area (Å²) in [6.07, 6.45) is 5.43. The molecule has 6 nitrogen and oxygen atoms in total. The van der Waals surface area contributed by atoms with Crippen LogP contribution in [0.1, 0.15) is 39.2 Å². The van der Waals surface area contributed by atoms with E-state index in [1.165, 1.54) is 0 Å². The molecule has 1 aromatic rings. The Bertz CT molecular complexity index is 652. The summed E-state index contributed by atoms with van der Waals surface area (Å²) >= 11 is 0. The number of nitrogens with one attached hydrogen (secondary N) is 1. The van der Waals surface area contributed by atoms with Crippen LogP contribution in [0.15, 0.2) is 24.3 Å². The highest BCUT2D eigenvalue weighted by Crippen LogP contribution is 2.28. The van der Waals surface area contributed by atoms with Crippen LogP contribution in [0.25, 0.3) is 6.08 Å². The summed E-state index contributed by atoms with van der Waals surface area (Å²) in [7, 11) is 1.62. The second kappa shape index (κ2) is 11.1. The second-order valence-electron chi connectivity index (χ2n) is 7.58. The maximum absolute atomic E-state index is 12.2. The van der Waals surface area contributed by atoms with Gasteiger partial charge < -0.3 is 19.5 Å². The van der Waals surface area contributed by atoms with Gasteiger partial charge in [0.2, 0.25) is 5.91 Å². The predicted octanol–water partition coefficient (Wildman–Crippen LogP) is 3.11. The Morgan fingerprint density at radius 3 is 2.71 bits per heavy atom. The maximum Gasteiger partial charge on any atom is 0.244 e. The van der Waals surface area contributed by atoms with Crippen LogP contribution in [0.2, 0.25) is 0 Å².